The van der Waals surface area contributed by atoms with Crippen LogP contribution in [0.25, 0.3) is 0 Å². The quantitative estimate of drug-likeness (QED) is 0.773. The molecule has 0 unspecified atom stereocenters. The third-order valence-corrected chi connectivity index (χ3v) is 3.36. The fourth-order valence-electron chi connectivity index (χ4n) is 1.70. The maximum atomic E-state index is 12.1. The molecule has 0 saturated carbocycles. The lowest BCUT2D eigenvalue weighted by atomic mass is 10.2. The van der Waals surface area contributed by atoms with E-state index < -0.39 is 0 Å². The minimum Gasteiger partial charge on any atom is -0.507 e. The molecule has 2 aromatic carbocycles. The van der Waals surface area contributed by atoms with Gasteiger partial charge in [0, 0.05) is 23.9 Å². The first-order chi connectivity index (χ1) is 10.1. The lowest BCUT2D eigenvalue weighted by molar-refractivity contribution is 0.102. The largest absolute Gasteiger partial charge is 0.507 e. The van der Waals surface area contributed by atoms with E-state index in [0.29, 0.717) is 34.6 Å². The van der Waals surface area contributed by atoms with Crippen LogP contribution in [0, 0.1) is 0 Å². The van der Waals surface area contributed by atoms with Gasteiger partial charge in [0.05, 0.1) is 4.47 Å². The third-order valence-electron chi connectivity index (χ3n) is 2.69. The molecule has 0 radical (unpaired) electrons. The van der Waals surface area contributed by atoms with Crippen LogP contribution in [0.15, 0.2) is 46.9 Å². The molecule has 0 aliphatic heterocycles. The molecular formula is C15H15BrN2O3. The van der Waals surface area contributed by atoms with Crippen molar-refractivity contribution in [2.75, 3.05) is 18.5 Å². The number of nitrogens with two attached hydrogens (primary N) is 1. The molecule has 2 aromatic rings. The number of benzene rings is 2. The second-order valence-corrected chi connectivity index (χ2v) is 5.14. The van der Waals surface area contributed by atoms with Crippen molar-refractivity contribution in [3.8, 4) is 11.5 Å². The fourth-order valence-corrected chi connectivity index (χ4v) is 1.94. The molecular weight excluding hydrogens is 336 g/mol. The van der Waals surface area contributed by atoms with Gasteiger partial charge in [-0.1, -0.05) is 6.07 Å². The van der Waals surface area contributed by atoms with Crippen LogP contribution < -0.4 is 15.8 Å². The van der Waals surface area contributed by atoms with E-state index in [9.17, 15) is 9.90 Å². The predicted octanol–water partition coefficient (Wildman–Crippen LogP) is 2.74. The van der Waals surface area contributed by atoms with Gasteiger partial charge in [0.15, 0.2) is 0 Å². The first-order valence-corrected chi connectivity index (χ1v) is 7.12. The average Bonchev–Trinajstić information content (AvgIpc) is 2.48. The van der Waals surface area contributed by atoms with Gasteiger partial charge in [-0.15, -0.1) is 0 Å². The molecule has 6 heteroatoms. The predicted molar refractivity (Wildman–Crippen MR) is 84.8 cm³/mol. The fraction of sp³-hybridized carbons (Fsp3) is 0.133. The maximum Gasteiger partial charge on any atom is 0.255 e. The number of ether oxygens (including phenoxy) is 1. The Morgan fingerprint density at radius 1 is 1.29 bits per heavy atom. The second-order valence-electron chi connectivity index (χ2n) is 4.29. The molecule has 2 rings (SSSR count). The number of rotatable bonds is 5. The molecule has 4 N–H and O–H groups in total. The van der Waals surface area contributed by atoms with Crippen molar-refractivity contribution in [1.82, 2.24) is 0 Å². The number of anilines is 1. The summed E-state index contributed by atoms with van der Waals surface area (Å²) in [5.41, 5.74) is 6.35. The molecule has 0 aromatic heterocycles. The van der Waals surface area contributed by atoms with Crippen LogP contribution in [-0.4, -0.2) is 24.2 Å². The number of hydrogen-bond donors (Lipinski definition) is 3. The van der Waals surface area contributed by atoms with Gasteiger partial charge >= 0.3 is 0 Å². The molecule has 0 aliphatic carbocycles. The summed E-state index contributed by atoms with van der Waals surface area (Å²) in [5.74, 6) is 0.341. The number of carbonyl (C=O) groups excluding carboxylic acids is 1. The molecule has 0 saturated heterocycles. The molecule has 21 heavy (non-hydrogen) atoms. The molecule has 0 spiro atoms. The summed E-state index contributed by atoms with van der Waals surface area (Å²) in [4.78, 5) is 12.1. The van der Waals surface area contributed by atoms with Gasteiger partial charge in [-0.05, 0) is 46.3 Å². The topological polar surface area (TPSA) is 84.6 Å². The smallest absolute Gasteiger partial charge is 0.255 e. The standard InChI is InChI=1S/C15H15BrN2O3/c16-13-5-4-10(8-14(13)19)15(20)18-11-2-1-3-12(9-11)21-7-6-17/h1-5,8-9,19H,6-7,17H2,(H,18,20). The molecule has 0 heterocycles. The first kappa shape index (κ1) is 15.3. The highest BCUT2D eigenvalue weighted by Crippen LogP contribution is 2.25. The highest BCUT2D eigenvalue weighted by Gasteiger charge is 2.09. The van der Waals surface area contributed by atoms with E-state index in [2.05, 4.69) is 21.2 Å². The summed E-state index contributed by atoms with van der Waals surface area (Å²) in [5, 5.41) is 12.3. The SMILES string of the molecule is NCCOc1cccc(NC(=O)c2ccc(Br)c(O)c2)c1. The van der Waals surface area contributed by atoms with E-state index in [-0.39, 0.29) is 11.7 Å². The number of amides is 1. The van der Waals surface area contributed by atoms with Gasteiger partial charge in [-0.25, -0.2) is 0 Å². The van der Waals surface area contributed by atoms with Crippen molar-refractivity contribution in [2.45, 2.75) is 0 Å². The highest BCUT2D eigenvalue weighted by atomic mass is 79.9. The Bertz CT molecular complexity index is 647. The van der Waals surface area contributed by atoms with Crippen LogP contribution in [0.4, 0.5) is 5.69 Å². The van der Waals surface area contributed by atoms with Gasteiger partial charge in [0.2, 0.25) is 0 Å². The van der Waals surface area contributed by atoms with Gasteiger partial charge in [-0.2, -0.15) is 0 Å². The van der Waals surface area contributed by atoms with Gasteiger partial charge in [0.1, 0.15) is 18.1 Å². The van der Waals surface area contributed by atoms with Crippen LogP contribution in [0.2, 0.25) is 0 Å². The Morgan fingerprint density at radius 2 is 2.10 bits per heavy atom. The number of carbonyl (C=O) groups is 1. The maximum absolute atomic E-state index is 12.1. The number of hydrogen-bond acceptors (Lipinski definition) is 4. The van der Waals surface area contributed by atoms with Crippen LogP contribution >= 0.6 is 15.9 Å². The van der Waals surface area contributed by atoms with Crippen LogP contribution in [-0.2, 0) is 0 Å². The normalized spacial score (nSPS) is 10.2. The van der Waals surface area contributed by atoms with Crippen LogP contribution in [0.3, 0.4) is 0 Å². The minimum atomic E-state index is -0.311. The van der Waals surface area contributed by atoms with Gasteiger partial charge in [-0.3, -0.25) is 4.79 Å². The zero-order valence-corrected chi connectivity index (χ0v) is 12.8. The van der Waals surface area contributed by atoms with Crippen molar-refractivity contribution in [3.05, 3.63) is 52.5 Å². The van der Waals surface area contributed by atoms with Crippen LogP contribution in [0.1, 0.15) is 10.4 Å². The van der Waals surface area contributed by atoms with E-state index in [1.54, 1.807) is 36.4 Å². The summed E-state index contributed by atoms with van der Waals surface area (Å²) in [6, 6.07) is 11.7. The Morgan fingerprint density at radius 3 is 2.81 bits per heavy atom. The lowest BCUT2D eigenvalue weighted by Crippen LogP contribution is -2.13. The molecule has 0 bridgehead atoms. The minimum absolute atomic E-state index is 0.0164. The summed E-state index contributed by atoms with van der Waals surface area (Å²) < 4.78 is 5.93. The van der Waals surface area contributed by atoms with E-state index in [1.807, 2.05) is 0 Å². The Labute approximate surface area is 130 Å². The zero-order chi connectivity index (χ0) is 15.2. The third kappa shape index (κ3) is 4.21. The molecule has 0 aliphatic rings. The number of nitrogens with one attached hydrogen (secondary N) is 1. The van der Waals surface area contributed by atoms with E-state index in [1.165, 1.54) is 6.07 Å². The molecule has 1 amide bonds. The van der Waals surface area contributed by atoms with Gasteiger partial charge < -0.3 is 20.9 Å². The van der Waals surface area contributed by atoms with Crippen molar-refractivity contribution < 1.29 is 14.6 Å². The molecule has 110 valence electrons. The number of phenols is 1. The number of aromatic hydroxyl groups is 1. The van der Waals surface area contributed by atoms with E-state index in [0.717, 1.165) is 0 Å². The Kier molecular flexibility index (Phi) is 5.19. The number of phenolic OH excluding ortho intramolecular Hbond substituents is 1. The Hall–Kier alpha value is -2.05. The number of halogens is 1. The molecule has 0 fully saturated rings. The van der Waals surface area contributed by atoms with Gasteiger partial charge in [0.25, 0.3) is 5.91 Å². The van der Waals surface area contributed by atoms with Crippen molar-refractivity contribution in [3.63, 3.8) is 0 Å². The summed E-state index contributed by atoms with van der Waals surface area (Å²) in [6.07, 6.45) is 0. The van der Waals surface area contributed by atoms with Crippen molar-refractivity contribution >= 4 is 27.5 Å². The van der Waals surface area contributed by atoms with Crippen molar-refractivity contribution in [2.24, 2.45) is 5.73 Å². The van der Waals surface area contributed by atoms with Crippen molar-refractivity contribution in [1.29, 1.82) is 0 Å². The Balaban J connectivity index is 2.10. The molecule has 0 atom stereocenters. The summed E-state index contributed by atoms with van der Waals surface area (Å²) in [6.45, 7) is 0.840. The second kappa shape index (κ2) is 7.10. The van der Waals surface area contributed by atoms with Crippen LogP contribution in [0.5, 0.6) is 11.5 Å². The summed E-state index contributed by atoms with van der Waals surface area (Å²) in [7, 11) is 0. The summed E-state index contributed by atoms with van der Waals surface area (Å²) >= 11 is 3.17. The zero-order valence-electron chi connectivity index (χ0n) is 11.2. The van der Waals surface area contributed by atoms with E-state index >= 15 is 0 Å². The highest BCUT2D eigenvalue weighted by molar-refractivity contribution is 9.10. The monoisotopic (exact) mass is 350 g/mol. The lowest BCUT2D eigenvalue weighted by Gasteiger charge is -2.09. The molecule has 5 nitrogen and oxygen atoms in total. The van der Waals surface area contributed by atoms with E-state index in [4.69, 9.17) is 10.5 Å². The first-order valence-electron chi connectivity index (χ1n) is 6.33. The average molecular weight is 351 g/mol.